The van der Waals surface area contributed by atoms with Crippen LogP contribution in [0.1, 0.15) is 41.7 Å². The van der Waals surface area contributed by atoms with Gasteiger partial charge in [-0.05, 0) is 25.5 Å². The Morgan fingerprint density at radius 1 is 1.40 bits per heavy atom. The van der Waals surface area contributed by atoms with E-state index in [9.17, 15) is 4.79 Å². The summed E-state index contributed by atoms with van der Waals surface area (Å²) in [7, 11) is 0. The summed E-state index contributed by atoms with van der Waals surface area (Å²) >= 11 is 1.53. The number of pyridine rings is 1. The number of hydrogen-bond acceptors (Lipinski definition) is 5. The number of hydrogen-bond donors (Lipinski definition) is 2. The summed E-state index contributed by atoms with van der Waals surface area (Å²) in [6.07, 6.45) is 4.36. The molecule has 2 N–H and O–H groups in total. The van der Waals surface area contributed by atoms with Crippen LogP contribution in [-0.2, 0) is 0 Å². The molecule has 20 heavy (non-hydrogen) atoms. The van der Waals surface area contributed by atoms with Gasteiger partial charge in [0.1, 0.15) is 10.8 Å². The first kappa shape index (κ1) is 14.5. The second kappa shape index (κ2) is 7.00. The van der Waals surface area contributed by atoms with E-state index in [1.54, 1.807) is 18.5 Å². The van der Waals surface area contributed by atoms with Crippen LogP contribution in [0.4, 0.5) is 5.82 Å². The molecule has 6 heteroatoms. The molecule has 0 spiro atoms. The molecule has 1 atom stereocenters. The zero-order valence-corrected chi connectivity index (χ0v) is 12.4. The lowest BCUT2D eigenvalue weighted by Crippen LogP contribution is -2.26. The second-order valence-corrected chi connectivity index (χ2v) is 5.35. The van der Waals surface area contributed by atoms with Crippen LogP contribution in [0, 0.1) is 0 Å². The fourth-order valence-corrected chi connectivity index (χ4v) is 2.32. The van der Waals surface area contributed by atoms with Gasteiger partial charge in [0.05, 0.1) is 11.6 Å². The predicted octanol–water partition coefficient (Wildman–Crippen LogP) is 2.85. The van der Waals surface area contributed by atoms with Crippen molar-refractivity contribution in [1.82, 2.24) is 15.3 Å². The molecule has 0 aromatic carbocycles. The average Bonchev–Trinajstić information content (AvgIpc) is 3.00. The van der Waals surface area contributed by atoms with Crippen LogP contribution in [-0.4, -0.2) is 22.4 Å². The topological polar surface area (TPSA) is 66.9 Å². The lowest BCUT2D eigenvalue weighted by atomic mass is 10.2. The molecule has 0 aliphatic carbocycles. The average molecular weight is 290 g/mol. The summed E-state index contributed by atoms with van der Waals surface area (Å²) in [5, 5.41) is 8.87. The van der Waals surface area contributed by atoms with E-state index in [-0.39, 0.29) is 11.9 Å². The second-order valence-electron chi connectivity index (χ2n) is 4.42. The minimum Gasteiger partial charge on any atom is -0.370 e. The Bertz CT molecular complexity index is 539. The molecule has 2 aromatic rings. The molecule has 5 nitrogen and oxygen atoms in total. The highest BCUT2D eigenvalue weighted by Crippen LogP contribution is 2.15. The molecule has 0 radical (unpaired) electrons. The Morgan fingerprint density at radius 2 is 2.25 bits per heavy atom. The third-order valence-electron chi connectivity index (χ3n) is 2.75. The van der Waals surface area contributed by atoms with E-state index >= 15 is 0 Å². The van der Waals surface area contributed by atoms with Crippen molar-refractivity contribution in [3.8, 4) is 0 Å². The Balaban J connectivity index is 1.95. The summed E-state index contributed by atoms with van der Waals surface area (Å²) < 4.78 is 0. The minimum absolute atomic E-state index is 0.0969. The molecular formula is C14H18N4OS. The Hall–Kier alpha value is -1.95. The normalized spacial score (nSPS) is 11.9. The Kier molecular flexibility index (Phi) is 5.06. The van der Waals surface area contributed by atoms with Crippen molar-refractivity contribution in [2.24, 2.45) is 0 Å². The van der Waals surface area contributed by atoms with Crippen LogP contribution >= 0.6 is 11.3 Å². The number of rotatable bonds is 6. The number of amides is 1. The van der Waals surface area contributed by atoms with Crippen LogP contribution in [0.5, 0.6) is 0 Å². The highest BCUT2D eigenvalue weighted by molar-refractivity contribution is 7.09. The highest BCUT2D eigenvalue weighted by atomic mass is 32.1. The highest BCUT2D eigenvalue weighted by Gasteiger charge is 2.13. The smallest absolute Gasteiger partial charge is 0.253 e. The molecule has 0 saturated carbocycles. The fraction of sp³-hybridized carbons (Fsp3) is 0.357. The van der Waals surface area contributed by atoms with E-state index in [4.69, 9.17) is 0 Å². The molecule has 0 aliphatic heterocycles. The maximum Gasteiger partial charge on any atom is 0.253 e. The van der Waals surface area contributed by atoms with Crippen molar-refractivity contribution >= 4 is 23.1 Å². The number of aromatic nitrogens is 2. The van der Waals surface area contributed by atoms with Gasteiger partial charge in [-0.25, -0.2) is 9.97 Å². The first-order chi connectivity index (χ1) is 9.70. The van der Waals surface area contributed by atoms with E-state index in [0.717, 1.165) is 23.8 Å². The van der Waals surface area contributed by atoms with Crippen LogP contribution in [0.25, 0.3) is 0 Å². The van der Waals surface area contributed by atoms with Gasteiger partial charge in [0.2, 0.25) is 0 Å². The molecule has 0 fully saturated rings. The van der Waals surface area contributed by atoms with E-state index < -0.39 is 0 Å². The van der Waals surface area contributed by atoms with E-state index in [1.165, 1.54) is 11.3 Å². The van der Waals surface area contributed by atoms with Gasteiger partial charge in [0.25, 0.3) is 5.91 Å². The van der Waals surface area contributed by atoms with Gasteiger partial charge in [0, 0.05) is 24.3 Å². The summed E-state index contributed by atoms with van der Waals surface area (Å²) in [5.74, 6) is 0.651. The number of anilines is 1. The predicted molar refractivity (Wildman–Crippen MR) is 81.0 cm³/mol. The zero-order chi connectivity index (χ0) is 14.4. The largest absolute Gasteiger partial charge is 0.370 e. The molecule has 2 aromatic heterocycles. The molecule has 0 aliphatic rings. The maximum absolute atomic E-state index is 12.1. The number of nitrogens with one attached hydrogen (secondary N) is 2. The van der Waals surface area contributed by atoms with Crippen molar-refractivity contribution in [2.75, 3.05) is 11.9 Å². The summed E-state index contributed by atoms with van der Waals surface area (Å²) in [5.41, 5.74) is 0.551. The van der Waals surface area contributed by atoms with Crippen molar-refractivity contribution in [1.29, 1.82) is 0 Å². The van der Waals surface area contributed by atoms with E-state index in [1.807, 2.05) is 18.4 Å². The van der Waals surface area contributed by atoms with Gasteiger partial charge < -0.3 is 10.6 Å². The summed E-state index contributed by atoms with van der Waals surface area (Å²) in [6.45, 7) is 4.88. The van der Waals surface area contributed by atoms with Gasteiger partial charge >= 0.3 is 0 Å². The van der Waals surface area contributed by atoms with Crippen LogP contribution in [0.2, 0.25) is 0 Å². The first-order valence-electron chi connectivity index (χ1n) is 6.61. The minimum atomic E-state index is -0.137. The fourth-order valence-electron chi connectivity index (χ4n) is 1.68. The molecule has 1 amide bonds. The Morgan fingerprint density at radius 3 is 2.85 bits per heavy atom. The number of carbonyl (C=O) groups excluding carboxylic acids is 1. The summed E-state index contributed by atoms with van der Waals surface area (Å²) in [6, 6.07) is 3.49. The van der Waals surface area contributed by atoms with Gasteiger partial charge in [-0.2, -0.15) is 0 Å². The number of nitrogens with zero attached hydrogens (tertiary/aromatic N) is 2. The molecule has 2 heterocycles. The molecule has 2 rings (SSSR count). The lowest BCUT2D eigenvalue weighted by molar-refractivity contribution is 0.0939. The lowest BCUT2D eigenvalue weighted by Gasteiger charge is -2.11. The van der Waals surface area contributed by atoms with Crippen molar-refractivity contribution in [2.45, 2.75) is 26.3 Å². The number of carbonyl (C=O) groups is 1. The van der Waals surface area contributed by atoms with Gasteiger partial charge in [-0.1, -0.05) is 6.92 Å². The zero-order valence-electron chi connectivity index (χ0n) is 11.6. The number of thiazole rings is 1. The maximum atomic E-state index is 12.1. The summed E-state index contributed by atoms with van der Waals surface area (Å²) in [4.78, 5) is 20.5. The third kappa shape index (κ3) is 3.77. The van der Waals surface area contributed by atoms with Crippen molar-refractivity contribution < 1.29 is 4.79 Å². The molecule has 1 unspecified atom stereocenters. The van der Waals surface area contributed by atoms with Gasteiger partial charge in [0.15, 0.2) is 0 Å². The van der Waals surface area contributed by atoms with Crippen LogP contribution < -0.4 is 10.6 Å². The standard InChI is InChI=1S/C14H18N4OS/c1-3-6-15-12-5-4-11(9-17-12)13(19)18-10(2)14-16-7-8-20-14/h4-5,7-10H,3,6H2,1-2H3,(H,15,17)(H,18,19). The van der Waals surface area contributed by atoms with Crippen molar-refractivity contribution in [3.63, 3.8) is 0 Å². The van der Waals surface area contributed by atoms with Gasteiger partial charge in [-0.3, -0.25) is 4.79 Å². The quantitative estimate of drug-likeness (QED) is 0.858. The molecule has 0 bridgehead atoms. The van der Waals surface area contributed by atoms with Crippen LogP contribution in [0.15, 0.2) is 29.9 Å². The molecular weight excluding hydrogens is 272 g/mol. The third-order valence-corrected chi connectivity index (χ3v) is 3.71. The van der Waals surface area contributed by atoms with Crippen LogP contribution in [0.3, 0.4) is 0 Å². The van der Waals surface area contributed by atoms with E-state index in [2.05, 4.69) is 27.5 Å². The Labute approximate surface area is 122 Å². The first-order valence-corrected chi connectivity index (χ1v) is 7.49. The SMILES string of the molecule is CCCNc1ccc(C(=O)NC(C)c2nccs2)cn1. The van der Waals surface area contributed by atoms with E-state index in [0.29, 0.717) is 5.56 Å². The van der Waals surface area contributed by atoms with Gasteiger partial charge in [-0.15, -0.1) is 11.3 Å². The monoisotopic (exact) mass is 290 g/mol. The molecule has 0 saturated heterocycles. The van der Waals surface area contributed by atoms with Crippen molar-refractivity contribution in [3.05, 3.63) is 40.5 Å². The molecule has 106 valence electrons.